The van der Waals surface area contributed by atoms with Crippen molar-refractivity contribution in [3.8, 4) is 0 Å². The van der Waals surface area contributed by atoms with Crippen LogP contribution < -0.4 is 5.32 Å². The molecule has 1 N–H and O–H groups in total. The van der Waals surface area contributed by atoms with Crippen molar-refractivity contribution in [2.45, 2.75) is 18.9 Å². The highest BCUT2D eigenvalue weighted by Crippen LogP contribution is 2.08. The number of thiazole rings is 1. The van der Waals surface area contributed by atoms with Crippen LogP contribution in [0.25, 0.3) is 0 Å². The zero-order valence-corrected chi connectivity index (χ0v) is 8.93. The minimum Gasteiger partial charge on any atom is -0.383 e. The van der Waals surface area contributed by atoms with Crippen LogP contribution in [0.1, 0.15) is 11.4 Å². The van der Waals surface area contributed by atoms with E-state index in [1.165, 1.54) is 5.01 Å². The largest absolute Gasteiger partial charge is 0.383 e. The van der Waals surface area contributed by atoms with E-state index in [1.54, 1.807) is 18.4 Å². The first-order chi connectivity index (χ1) is 6.36. The lowest BCUT2D eigenvalue weighted by Gasteiger charge is -2.13. The van der Waals surface area contributed by atoms with Crippen molar-refractivity contribution >= 4 is 11.3 Å². The van der Waals surface area contributed by atoms with Gasteiger partial charge >= 0.3 is 0 Å². The Labute approximate surface area is 83.1 Å². The van der Waals surface area contributed by atoms with Gasteiger partial charge in [-0.05, 0) is 13.5 Å². The van der Waals surface area contributed by atoms with Crippen LogP contribution in [0.3, 0.4) is 0 Å². The number of nitrogens with zero attached hydrogens (tertiary/aromatic N) is 1. The molecule has 1 atom stereocenters. The quantitative estimate of drug-likeness (QED) is 0.752. The molecule has 1 rings (SSSR count). The lowest BCUT2D eigenvalue weighted by Crippen LogP contribution is -2.30. The molecule has 0 bridgehead atoms. The monoisotopic (exact) mass is 200 g/mol. The maximum Gasteiger partial charge on any atom is 0.0925 e. The van der Waals surface area contributed by atoms with Crippen molar-refractivity contribution in [3.05, 3.63) is 16.6 Å². The van der Waals surface area contributed by atoms with Crippen molar-refractivity contribution < 1.29 is 4.74 Å². The number of ether oxygens (including phenoxy) is 1. The highest BCUT2D eigenvalue weighted by molar-refractivity contribution is 7.09. The number of aromatic nitrogens is 1. The van der Waals surface area contributed by atoms with E-state index >= 15 is 0 Å². The predicted octanol–water partition coefficient (Wildman–Crippen LogP) is 1.31. The third-order valence-electron chi connectivity index (χ3n) is 1.97. The lowest BCUT2D eigenvalue weighted by atomic mass is 10.2. The van der Waals surface area contributed by atoms with Crippen molar-refractivity contribution in [3.63, 3.8) is 0 Å². The Morgan fingerprint density at radius 1 is 1.69 bits per heavy atom. The molecule has 0 amide bonds. The average Bonchev–Trinajstić information content (AvgIpc) is 2.64. The summed E-state index contributed by atoms with van der Waals surface area (Å²) in [6.45, 7) is 0.766. The second-order valence-corrected chi connectivity index (χ2v) is 3.88. The molecule has 0 saturated heterocycles. The average molecular weight is 200 g/mol. The minimum absolute atomic E-state index is 0.439. The third-order valence-corrected chi connectivity index (χ3v) is 2.81. The zero-order chi connectivity index (χ0) is 9.52. The zero-order valence-electron chi connectivity index (χ0n) is 8.12. The molecule has 1 unspecified atom stereocenters. The van der Waals surface area contributed by atoms with Crippen LogP contribution in [-0.2, 0) is 11.2 Å². The van der Waals surface area contributed by atoms with Crippen molar-refractivity contribution in [2.24, 2.45) is 0 Å². The van der Waals surface area contributed by atoms with Crippen LogP contribution >= 0.6 is 11.3 Å². The molecular weight excluding hydrogens is 184 g/mol. The smallest absolute Gasteiger partial charge is 0.0925 e. The number of likely N-dealkylation sites (N-methyl/N-ethyl adjacent to an activating group) is 1. The van der Waals surface area contributed by atoms with Crippen LogP contribution in [0, 0.1) is 0 Å². The summed E-state index contributed by atoms with van der Waals surface area (Å²) in [5, 5.41) is 6.44. The first-order valence-corrected chi connectivity index (χ1v) is 5.29. The molecule has 0 fully saturated rings. The second-order valence-electron chi connectivity index (χ2n) is 2.91. The van der Waals surface area contributed by atoms with E-state index in [4.69, 9.17) is 4.74 Å². The number of hydrogen-bond acceptors (Lipinski definition) is 4. The number of methoxy groups -OCH3 is 1. The summed E-state index contributed by atoms with van der Waals surface area (Å²) in [6, 6.07) is 0.439. The first kappa shape index (κ1) is 10.6. The SMILES string of the molecule is CNC(CCc1nccs1)COC. The fourth-order valence-electron chi connectivity index (χ4n) is 1.19. The molecule has 1 heterocycles. The summed E-state index contributed by atoms with van der Waals surface area (Å²) in [4.78, 5) is 4.23. The molecule has 0 aliphatic heterocycles. The number of hydrogen-bond donors (Lipinski definition) is 1. The number of nitrogens with one attached hydrogen (secondary N) is 1. The highest BCUT2D eigenvalue weighted by Gasteiger charge is 2.06. The van der Waals surface area contributed by atoms with Crippen LogP contribution in [0.4, 0.5) is 0 Å². The number of aryl methyl sites for hydroxylation is 1. The molecule has 1 aromatic rings. The Morgan fingerprint density at radius 2 is 2.54 bits per heavy atom. The van der Waals surface area contributed by atoms with E-state index < -0.39 is 0 Å². The topological polar surface area (TPSA) is 34.2 Å². The molecule has 1 aromatic heterocycles. The van der Waals surface area contributed by atoms with Gasteiger partial charge in [-0.25, -0.2) is 4.98 Å². The van der Waals surface area contributed by atoms with Gasteiger partial charge in [0.05, 0.1) is 11.6 Å². The van der Waals surface area contributed by atoms with E-state index in [0.29, 0.717) is 6.04 Å². The highest BCUT2D eigenvalue weighted by atomic mass is 32.1. The first-order valence-electron chi connectivity index (χ1n) is 4.41. The third kappa shape index (κ3) is 3.85. The van der Waals surface area contributed by atoms with E-state index in [9.17, 15) is 0 Å². The Hall–Kier alpha value is -0.450. The summed E-state index contributed by atoms with van der Waals surface area (Å²) in [5.41, 5.74) is 0. The molecule has 74 valence electrons. The van der Waals surface area contributed by atoms with Gasteiger partial charge < -0.3 is 10.1 Å². The van der Waals surface area contributed by atoms with Crippen LogP contribution in [0.2, 0.25) is 0 Å². The fraction of sp³-hybridized carbons (Fsp3) is 0.667. The van der Waals surface area contributed by atoms with Gasteiger partial charge in [0, 0.05) is 31.1 Å². The predicted molar refractivity (Wildman–Crippen MR) is 55.2 cm³/mol. The summed E-state index contributed by atoms with van der Waals surface area (Å²) < 4.78 is 5.09. The van der Waals surface area contributed by atoms with Crippen LogP contribution in [0.15, 0.2) is 11.6 Å². The Balaban J connectivity index is 2.23. The van der Waals surface area contributed by atoms with E-state index in [0.717, 1.165) is 19.4 Å². The van der Waals surface area contributed by atoms with E-state index in [-0.39, 0.29) is 0 Å². The maximum atomic E-state index is 5.09. The Kier molecular flexibility index (Phi) is 4.97. The van der Waals surface area contributed by atoms with Crippen LogP contribution in [-0.4, -0.2) is 31.8 Å². The van der Waals surface area contributed by atoms with E-state index in [1.807, 2.05) is 18.6 Å². The summed E-state index contributed by atoms with van der Waals surface area (Å²) >= 11 is 1.71. The summed E-state index contributed by atoms with van der Waals surface area (Å²) in [7, 11) is 3.69. The minimum atomic E-state index is 0.439. The Bertz CT molecular complexity index is 213. The molecule has 0 aliphatic carbocycles. The molecule has 0 aromatic carbocycles. The van der Waals surface area contributed by atoms with Crippen LogP contribution in [0.5, 0.6) is 0 Å². The van der Waals surface area contributed by atoms with Gasteiger partial charge in [0.15, 0.2) is 0 Å². The van der Waals surface area contributed by atoms with Crippen molar-refractivity contribution in [1.82, 2.24) is 10.3 Å². The van der Waals surface area contributed by atoms with Gasteiger partial charge in [0.1, 0.15) is 0 Å². The molecule has 0 aliphatic rings. The Morgan fingerprint density at radius 3 is 3.08 bits per heavy atom. The van der Waals surface area contributed by atoms with Crippen molar-refractivity contribution in [1.29, 1.82) is 0 Å². The van der Waals surface area contributed by atoms with Gasteiger partial charge in [-0.3, -0.25) is 0 Å². The molecular formula is C9H16N2OS. The fourth-order valence-corrected chi connectivity index (χ4v) is 1.82. The molecule has 3 nitrogen and oxygen atoms in total. The molecule has 0 spiro atoms. The lowest BCUT2D eigenvalue weighted by molar-refractivity contribution is 0.166. The molecule has 13 heavy (non-hydrogen) atoms. The van der Waals surface area contributed by atoms with Gasteiger partial charge in [-0.15, -0.1) is 11.3 Å². The summed E-state index contributed by atoms with van der Waals surface area (Å²) in [6.07, 6.45) is 3.97. The molecule has 4 heteroatoms. The van der Waals surface area contributed by atoms with Crippen molar-refractivity contribution in [2.75, 3.05) is 20.8 Å². The van der Waals surface area contributed by atoms with E-state index in [2.05, 4.69) is 10.3 Å². The number of rotatable bonds is 6. The second kappa shape index (κ2) is 6.07. The van der Waals surface area contributed by atoms with Gasteiger partial charge in [-0.2, -0.15) is 0 Å². The molecule has 0 saturated carbocycles. The maximum absolute atomic E-state index is 5.09. The molecule has 0 radical (unpaired) electrons. The van der Waals surface area contributed by atoms with Gasteiger partial charge in [-0.1, -0.05) is 0 Å². The summed E-state index contributed by atoms with van der Waals surface area (Å²) in [5.74, 6) is 0. The van der Waals surface area contributed by atoms with Gasteiger partial charge in [0.25, 0.3) is 0 Å². The standard InChI is InChI=1S/C9H16N2OS/c1-10-8(7-12-2)3-4-9-11-5-6-13-9/h5-6,8,10H,3-4,7H2,1-2H3. The normalized spacial score (nSPS) is 13.1. The van der Waals surface area contributed by atoms with Gasteiger partial charge in [0.2, 0.25) is 0 Å².